The molecule has 0 atom stereocenters. The topological polar surface area (TPSA) is 90.0 Å². The summed E-state index contributed by atoms with van der Waals surface area (Å²) in [6.45, 7) is 2.18. The Balaban J connectivity index is 2.20. The van der Waals surface area contributed by atoms with Gasteiger partial charge in [-0.05, 0) is 30.2 Å². The van der Waals surface area contributed by atoms with Crippen molar-refractivity contribution < 1.29 is 4.79 Å². The van der Waals surface area contributed by atoms with Crippen LogP contribution in [-0.2, 0) is 6.54 Å². The van der Waals surface area contributed by atoms with E-state index in [4.69, 9.17) is 5.84 Å². The minimum absolute atomic E-state index is 0.149. The monoisotopic (exact) mass is 258 g/mol. The maximum Gasteiger partial charge on any atom is 0.267 e. The van der Waals surface area contributed by atoms with Crippen LogP contribution in [-0.4, -0.2) is 15.7 Å². The third kappa shape index (κ3) is 3.05. The van der Waals surface area contributed by atoms with E-state index >= 15 is 0 Å². The number of hydrogen-bond acceptors (Lipinski definition) is 4. The van der Waals surface area contributed by atoms with Gasteiger partial charge in [-0.1, -0.05) is 12.1 Å². The van der Waals surface area contributed by atoms with Gasteiger partial charge in [-0.25, -0.2) is 10.5 Å². The van der Waals surface area contributed by atoms with E-state index < -0.39 is 0 Å². The Bertz CT molecular complexity index is 646. The Kier molecular flexibility index (Phi) is 3.72. The molecular weight excluding hydrogens is 244 g/mol. The second-order valence-electron chi connectivity index (χ2n) is 4.20. The van der Waals surface area contributed by atoms with Gasteiger partial charge in [0.15, 0.2) is 0 Å². The summed E-state index contributed by atoms with van der Waals surface area (Å²) in [5.41, 5.74) is 4.09. The summed E-state index contributed by atoms with van der Waals surface area (Å²) in [4.78, 5) is 23.0. The van der Waals surface area contributed by atoms with E-state index in [1.807, 2.05) is 6.92 Å². The lowest BCUT2D eigenvalue weighted by molar-refractivity contribution is 0.0953. The van der Waals surface area contributed by atoms with Gasteiger partial charge in [-0.15, -0.1) is 0 Å². The van der Waals surface area contributed by atoms with Gasteiger partial charge in [0.2, 0.25) is 0 Å². The molecule has 0 aliphatic carbocycles. The highest BCUT2D eigenvalue weighted by molar-refractivity contribution is 5.93. The summed E-state index contributed by atoms with van der Waals surface area (Å²) in [6, 6.07) is 8.36. The second-order valence-corrected chi connectivity index (χ2v) is 4.20. The molecule has 0 radical (unpaired) electrons. The largest absolute Gasteiger partial charge is 0.290 e. The van der Waals surface area contributed by atoms with Crippen molar-refractivity contribution in [3.63, 3.8) is 0 Å². The molecule has 6 heteroatoms. The Labute approximate surface area is 109 Å². The van der Waals surface area contributed by atoms with E-state index in [0.29, 0.717) is 12.1 Å². The molecule has 2 rings (SSSR count). The number of nitrogens with two attached hydrogens (primary N) is 1. The molecule has 3 N–H and O–H groups in total. The Hall–Kier alpha value is -2.47. The molecule has 1 aromatic heterocycles. The first kappa shape index (κ1) is 13.0. The summed E-state index contributed by atoms with van der Waals surface area (Å²) in [6.07, 6.45) is 1.64. The number of hydrogen-bond donors (Lipinski definition) is 2. The van der Waals surface area contributed by atoms with Gasteiger partial charge in [0, 0.05) is 11.6 Å². The molecule has 0 unspecified atom stereocenters. The molecule has 6 nitrogen and oxygen atoms in total. The highest BCUT2D eigenvalue weighted by atomic mass is 16.2. The maximum atomic E-state index is 11.7. The predicted molar refractivity (Wildman–Crippen MR) is 70.4 cm³/mol. The van der Waals surface area contributed by atoms with Crippen LogP contribution in [0, 0.1) is 6.92 Å². The highest BCUT2D eigenvalue weighted by Crippen LogP contribution is 2.05. The van der Waals surface area contributed by atoms with Crippen molar-refractivity contribution in [1.29, 1.82) is 0 Å². The molecule has 0 bridgehead atoms. The highest BCUT2D eigenvalue weighted by Gasteiger charge is 2.04. The van der Waals surface area contributed by atoms with Gasteiger partial charge in [0.1, 0.15) is 0 Å². The molecule has 0 aliphatic rings. The number of nitrogens with one attached hydrogen (secondary N) is 1. The molecule has 0 aliphatic heterocycles. The number of nitrogen functional groups attached to an aromatic ring is 1. The number of aryl methyl sites for hydroxylation is 1. The lowest BCUT2D eigenvalue weighted by Gasteiger charge is -2.05. The number of rotatable bonds is 3. The molecule has 0 fully saturated rings. The summed E-state index contributed by atoms with van der Waals surface area (Å²) in [5.74, 6) is 4.69. The quantitative estimate of drug-likeness (QED) is 0.467. The molecule has 0 saturated heterocycles. The second kappa shape index (κ2) is 5.45. The van der Waals surface area contributed by atoms with Crippen LogP contribution in [0.25, 0.3) is 0 Å². The van der Waals surface area contributed by atoms with Gasteiger partial charge in [0.25, 0.3) is 11.5 Å². The standard InChI is InChI=1S/C13H14N4O2/c1-9-6-12(18)17(15-7-9)8-10-2-4-11(5-3-10)13(19)16-14/h2-7H,8,14H2,1H3,(H,16,19). The first-order valence-corrected chi connectivity index (χ1v) is 5.74. The normalized spacial score (nSPS) is 10.2. The van der Waals surface area contributed by atoms with Crippen molar-refractivity contribution in [3.05, 3.63) is 63.6 Å². The molecular formula is C13H14N4O2. The summed E-state index contributed by atoms with van der Waals surface area (Å²) >= 11 is 0. The minimum Gasteiger partial charge on any atom is -0.290 e. The molecule has 2 aromatic rings. The van der Waals surface area contributed by atoms with E-state index in [1.165, 1.54) is 10.7 Å². The number of amides is 1. The smallest absolute Gasteiger partial charge is 0.267 e. The van der Waals surface area contributed by atoms with Crippen molar-refractivity contribution in [2.45, 2.75) is 13.5 Å². The zero-order chi connectivity index (χ0) is 13.8. The lowest BCUT2D eigenvalue weighted by atomic mass is 10.1. The first-order valence-electron chi connectivity index (χ1n) is 5.74. The molecule has 0 spiro atoms. The number of carbonyl (C=O) groups excluding carboxylic acids is 1. The number of benzene rings is 1. The van der Waals surface area contributed by atoms with Gasteiger partial charge < -0.3 is 0 Å². The van der Waals surface area contributed by atoms with E-state index in [-0.39, 0.29) is 11.5 Å². The SMILES string of the molecule is Cc1cnn(Cc2ccc(C(=O)NN)cc2)c(=O)c1. The third-order valence-corrected chi connectivity index (χ3v) is 2.69. The molecule has 19 heavy (non-hydrogen) atoms. The maximum absolute atomic E-state index is 11.7. The number of carbonyl (C=O) groups is 1. The third-order valence-electron chi connectivity index (χ3n) is 2.69. The van der Waals surface area contributed by atoms with Crippen LogP contribution in [0.2, 0.25) is 0 Å². The van der Waals surface area contributed by atoms with Gasteiger partial charge >= 0.3 is 0 Å². The fourth-order valence-corrected chi connectivity index (χ4v) is 1.66. The van der Waals surface area contributed by atoms with Crippen LogP contribution in [0.5, 0.6) is 0 Å². The van der Waals surface area contributed by atoms with Crippen LogP contribution in [0.15, 0.2) is 41.3 Å². The van der Waals surface area contributed by atoms with Gasteiger partial charge in [-0.2, -0.15) is 5.10 Å². The van der Waals surface area contributed by atoms with Crippen LogP contribution in [0.4, 0.5) is 0 Å². The summed E-state index contributed by atoms with van der Waals surface area (Å²) in [7, 11) is 0. The van der Waals surface area contributed by atoms with Crippen LogP contribution in [0.1, 0.15) is 21.5 Å². The van der Waals surface area contributed by atoms with E-state index in [9.17, 15) is 9.59 Å². The summed E-state index contributed by atoms with van der Waals surface area (Å²) < 4.78 is 1.37. The van der Waals surface area contributed by atoms with Crippen LogP contribution >= 0.6 is 0 Å². The van der Waals surface area contributed by atoms with Crippen molar-refractivity contribution >= 4 is 5.91 Å². The van der Waals surface area contributed by atoms with E-state index in [1.54, 1.807) is 30.5 Å². The number of hydrazine groups is 1. The van der Waals surface area contributed by atoms with Gasteiger partial charge in [-0.3, -0.25) is 15.0 Å². The van der Waals surface area contributed by atoms with Crippen molar-refractivity contribution in [3.8, 4) is 0 Å². The van der Waals surface area contributed by atoms with Crippen molar-refractivity contribution in [2.24, 2.45) is 5.84 Å². The fourth-order valence-electron chi connectivity index (χ4n) is 1.66. The first-order chi connectivity index (χ1) is 9.10. The fraction of sp³-hybridized carbons (Fsp3) is 0.154. The zero-order valence-electron chi connectivity index (χ0n) is 10.5. The minimum atomic E-state index is -0.350. The van der Waals surface area contributed by atoms with E-state index in [0.717, 1.165) is 11.1 Å². The molecule has 1 aromatic carbocycles. The van der Waals surface area contributed by atoms with E-state index in [2.05, 4.69) is 10.5 Å². The average molecular weight is 258 g/mol. The van der Waals surface area contributed by atoms with Crippen LogP contribution < -0.4 is 16.8 Å². The molecule has 0 saturated carbocycles. The predicted octanol–water partition coefficient (Wildman–Crippen LogP) is 0.204. The van der Waals surface area contributed by atoms with Crippen LogP contribution in [0.3, 0.4) is 0 Å². The van der Waals surface area contributed by atoms with Gasteiger partial charge in [0.05, 0.1) is 12.7 Å². The van der Waals surface area contributed by atoms with Crippen molar-refractivity contribution in [1.82, 2.24) is 15.2 Å². The number of aromatic nitrogens is 2. The Morgan fingerprint density at radius 1 is 1.37 bits per heavy atom. The number of nitrogens with zero attached hydrogens (tertiary/aromatic N) is 2. The lowest BCUT2D eigenvalue weighted by Crippen LogP contribution is -2.29. The average Bonchev–Trinajstić information content (AvgIpc) is 2.42. The molecule has 1 amide bonds. The zero-order valence-corrected chi connectivity index (χ0v) is 10.5. The molecule has 98 valence electrons. The Morgan fingerprint density at radius 2 is 2.05 bits per heavy atom. The summed E-state index contributed by atoms with van der Waals surface area (Å²) in [5, 5.41) is 4.05. The van der Waals surface area contributed by atoms with Crippen molar-refractivity contribution in [2.75, 3.05) is 0 Å². The Morgan fingerprint density at radius 3 is 2.63 bits per heavy atom. The molecule has 1 heterocycles.